The zero-order valence-electron chi connectivity index (χ0n) is 19.5. The number of fused-ring (bicyclic) bond motifs is 1. The number of alkyl halides is 3. The van der Waals surface area contributed by atoms with Crippen LogP contribution < -0.4 is 15.2 Å². The first-order valence-electron chi connectivity index (χ1n) is 11.2. The molecule has 0 aliphatic carbocycles. The fourth-order valence-corrected chi connectivity index (χ4v) is 4.26. The second kappa shape index (κ2) is 9.58. The van der Waals surface area contributed by atoms with Crippen molar-refractivity contribution in [2.75, 3.05) is 18.0 Å². The molecular formula is C25H25F3N4O3. The summed E-state index contributed by atoms with van der Waals surface area (Å²) in [7, 11) is 1.64. The van der Waals surface area contributed by atoms with Crippen molar-refractivity contribution in [1.29, 1.82) is 5.26 Å². The Kier molecular flexibility index (Phi) is 6.72. The van der Waals surface area contributed by atoms with Gasteiger partial charge in [-0.2, -0.15) is 18.4 Å². The van der Waals surface area contributed by atoms with Gasteiger partial charge in [-0.1, -0.05) is 6.07 Å². The van der Waals surface area contributed by atoms with E-state index in [-0.39, 0.29) is 23.1 Å². The van der Waals surface area contributed by atoms with Crippen LogP contribution in [0.15, 0.2) is 47.3 Å². The van der Waals surface area contributed by atoms with Gasteiger partial charge in [0.25, 0.3) is 5.56 Å². The maximum absolute atomic E-state index is 13.1. The number of benzene rings is 1. The SMILES string of the molecule is CC(C)OC1CN(c2cc(=O)n(C)c3ccc(C#N)nc23)CCC1Oc1cccc(C(F)(F)F)c1. The van der Waals surface area contributed by atoms with E-state index < -0.39 is 23.9 Å². The maximum atomic E-state index is 13.1. The summed E-state index contributed by atoms with van der Waals surface area (Å²) in [5.41, 5.74) is 0.925. The van der Waals surface area contributed by atoms with Crippen LogP contribution in [0.25, 0.3) is 11.0 Å². The topological polar surface area (TPSA) is 80.4 Å². The number of piperidine rings is 1. The van der Waals surface area contributed by atoms with Crippen LogP contribution in [-0.2, 0) is 18.0 Å². The summed E-state index contributed by atoms with van der Waals surface area (Å²) in [4.78, 5) is 19.0. The second-order valence-electron chi connectivity index (χ2n) is 8.74. The lowest BCUT2D eigenvalue weighted by Gasteiger charge is -2.40. The Bertz CT molecular complexity index is 1330. The van der Waals surface area contributed by atoms with Crippen molar-refractivity contribution in [3.63, 3.8) is 0 Å². The van der Waals surface area contributed by atoms with Crippen molar-refractivity contribution in [3.05, 3.63) is 64.1 Å². The normalized spacial score (nSPS) is 18.6. The molecule has 4 rings (SSSR count). The highest BCUT2D eigenvalue weighted by molar-refractivity contribution is 5.88. The first-order chi connectivity index (χ1) is 16.6. The molecule has 7 nitrogen and oxygen atoms in total. The Morgan fingerprint density at radius 1 is 1.17 bits per heavy atom. The van der Waals surface area contributed by atoms with E-state index in [1.165, 1.54) is 22.8 Å². The van der Waals surface area contributed by atoms with Gasteiger partial charge in [0.15, 0.2) is 0 Å². The number of ether oxygens (including phenoxy) is 2. The third-order valence-corrected chi connectivity index (χ3v) is 5.92. The van der Waals surface area contributed by atoms with Gasteiger partial charge < -0.3 is 18.9 Å². The molecule has 1 aromatic carbocycles. The molecule has 1 aliphatic heterocycles. The molecule has 10 heteroatoms. The summed E-state index contributed by atoms with van der Waals surface area (Å²) in [6, 6.07) is 11.6. The van der Waals surface area contributed by atoms with Gasteiger partial charge in [0.1, 0.15) is 35.2 Å². The number of rotatable bonds is 5. The van der Waals surface area contributed by atoms with Crippen LogP contribution in [0.2, 0.25) is 0 Å². The molecule has 2 aromatic heterocycles. The van der Waals surface area contributed by atoms with Crippen LogP contribution in [0.4, 0.5) is 18.9 Å². The van der Waals surface area contributed by atoms with Gasteiger partial charge in [0.2, 0.25) is 0 Å². The van der Waals surface area contributed by atoms with Gasteiger partial charge in [0.05, 0.1) is 22.9 Å². The summed E-state index contributed by atoms with van der Waals surface area (Å²) in [5, 5.41) is 9.31. The van der Waals surface area contributed by atoms with Crippen LogP contribution >= 0.6 is 0 Å². The summed E-state index contributed by atoms with van der Waals surface area (Å²) < 4.78 is 53.0. The average molecular weight is 486 g/mol. The predicted octanol–water partition coefficient (Wildman–Crippen LogP) is 4.28. The maximum Gasteiger partial charge on any atom is 0.416 e. The van der Waals surface area contributed by atoms with E-state index in [1.54, 1.807) is 19.2 Å². The van der Waals surface area contributed by atoms with Crippen LogP contribution in [0.5, 0.6) is 5.75 Å². The molecule has 0 bridgehead atoms. The zero-order chi connectivity index (χ0) is 25.3. The van der Waals surface area contributed by atoms with Gasteiger partial charge >= 0.3 is 6.18 Å². The molecule has 0 saturated carbocycles. The second-order valence-corrected chi connectivity index (χ2v) is 8.74. The Morgan fingerprint density at radius 3 is 2.63 bits per heavy atom. The molecule has 1 fully saturated rings. The van der Waals surface area contributed by atoms with Crippen molar-refractivity contribution in [2.45, 2.75) is 44.8 Å². The van der Waals surface area contributed by atoms with Crippen molar-refractivity contribution < 1.29 is 22.6 Å². The Labute approximate surface area is 200 Å². The van der Waals surface area contributed by atoms with Crippen LogP contribution in [-0.4, -0.2) is 41.0 Å². The first kappa shape index (κ1) is 24.5. The Balaban J connectivity index is 1.65. The highest BCUT2D eigenvalue weighted by Gasteiger charge is 2.35. The quantitative estimate of drug-likeness (QED) is 0.536. The van der Waals surface area contributed by atoms with E-state index >= 15 is 0 Å². The molecule has 2 unspecified atom stereocenters. The molecule has 1 aliphatic rings. The number of anilines is 1. The molecule has 3 heterocycles. The molecule has 2 atom stereocenters. The number of pyridine rings is 2. The predicted molar refractivity (Wildman–Crippen MR) is 124 cm³/mol. The van der Waals surface area contributed by atoms with Crippen LogP contribution in [0, 0.1) is 11.3 Å². The molecule has 0 N–H and O–H groups in total. The molecule has 1 saturated heterocycles. The molecule has 3 aromatic rings. The minimum atomic E-state index is -4.47. The smallest absolute Gasteiger partial charge is 0.416 e. The van der Waals surface area contributed by atoms with Gasteiger partial charge in [-0.15, -0.1) is 0 Å². The highest BCUT2D eigenvalue weighted by atomic mass is 19.4. The Hall–Kier alpha value is -3.58. The summed E-state index contributed by atoms with van der Waals surface area (Å²) >= 11 is 0. The van der Waals surface area contributed by atoms with Crippen molar-refractivity contribution >= 4 is 16.7 Å². The first-order valence-corrected chi connectivity index (χ1v) is 11.2. The van der Waals surface area contributed by atoms with Crippen LogP contribution in [0.3, 0.4) is 0 Å². The lowest BCUT2D eigenvalue weighted by Crippen LogP contribution is -2.51. The molecule has 184 valence electrons. The van der Waals surface area contributed by atoms with Crippen molar-refractivity contribution in [2.24, 2.45) is 7.05 Å². The minimum absolute atomic E-state index is 0.120. The van der Waals surface area contributed by atoms with Gasteiger partial charge in [-0.3, -0.25) is 4.79 Å². The molecular weight excluding hydrogens is 461 g/mol. The summed E-state index contributed by atoms with van der Waals surface area (Å²) in [6.45, 7) is 4.54. The van der Waals surface area contributed by atoms with Gasteiger partial charge in [-0.25, -0.2) is 4.98 Å². The van der Waals surface area contributed by atoms with Crippen LogP contribution in [0.1, 0.15) is 31.5 Å². The fourth-order valence-electron chi connectivity index (χ4n) is 4.26. The lowest BCUT2D eigenvalue weighted by atomic mass is 10.0. The van der Waals surface area contributed by atoms with E-state index in [0.717, 1.165) is 12.1 Å². The Morgan fingerprint density at radius 2 is 1.94 bits per heavy atom. The number of aromatic nitrogens is 2. The number of nitriles is 1. The third kappa shape index (κ3) is 5.25. The van der Waals surface area contributed by atoms with E-state index in [9.17, 15) is 23.2 Å². The van der Waals surface area contributed by atoms with E-state index in [4.69, 9.17) is 9.47 Å². The minimum Gasteiger partial charge on any atom is -0.488 e. The highest BCUT2D eigenvalue weighted by Crippen LogP contribution is 2.33. The third-order valence-electron chi connectivity index (χ3n) is 5.92. The average Bonchev–Trinajstić information content (AvgIpc) is 2.81. The standard InChI is InChI=1S/C25H25F3N4O3/c1-15(2)34-22-14-32(10-9-21(22)35-18-6-4-5-16(11-18)25(26,27)28)20-12-23(33)31(3)19-8-7-17(13-29)30-24(19)20/h4-8,11-12,15,21-22H,9-10,14H2,1-3H3. The molecule has 0 amide bonds. The van der Waals surface area contributed by atoms with Gasteiger partial charge in [0, 0.05) is 32.6 Å². The van der Waals surface area contributed by atoms with E-state index in [1.807, 2.05) is 24.8 Å². The van der Waals surface area contributed by atoms with E-state index in [2.05, 4.69) is 4.98 Å². The molecule has 0 radical (unpaired) electrons. The molecule has 0 spiro atoms. The number of aryl methyl sites for hydroxylation is 1. The summed E-state index contributed by atoms with van der Waals surface area (Å²) in [5.74, 6) is 0.120. The number of halogens is 3. The number of hydrogen-bond donors (Lipinski definition) is 0. The largest absolute Gasteiger partial charge is 0.488 e. The number of nitrogens with zero attached hydrogens (tertiary/aromatic N) is 4. The van der Waals surface area contributed by atoms with E-state index in [0.29, 0.717) is 36.2 Å². The van der Waals surface area contributed by atoms with Crippen molar-refractivity contribution in [3.8, 4) is 11.8 Å². The molecule has 35 heavy (non-hydrogen) atoms. The summed E-state index contributed by atoms with van der Waals surface area (Å²) in [6.07, 6.45) is -5.14. The lowest BCUT2D eigenvalue weighted by molar-refractivity contribution is -0.137. The van der Waals surface area contributed by atoms with Gasteiger partial charge in [-0.05, 0) is 44.2 Å². The van der Waals surface area contributed by atoms with Crippen molar-refractivity contribution in [1.82, 2.24) is 9.55 Å². The number of hydrogen-bond acceptors (Lipinski definition) is 6. The zero-order valence-corrected chi connectivity index (χ0v) is 19.5. The fraction of sp³-hybridized carbons (Fsp3) is 0.400. The monoisotopic (exact) mass is 486 g/mol.